The maximum atomic E-state index is 13.3. The van der Waals surface area contributed by atoms with E-state index >= 15 is 0 Å². The van der Waals surface area contributed by atoms with Crippen LogP contribution in [0.15, 0.2) is 53.0 Å². The van der Waals surface area contributed by atoms with E-state index < -0.39 is 17.8 Å². The van der Waals surface area contributed by atoms with E-state index in [9.17, 15) is 9.18 Å². The van der Waals surface area contributed by atoms with Gasteiger partial charge in [-0.05, 0) is 29.3 Å². The molecule has 0 radical (unpaired) electrons. The normalized spacial score (nSPS) is 12.1. The number of hydrogen-bond acceptors (Lipinski definition) is 2. The van der Waals surface area contributed by atoms with Crippen LogP contribution in [-0.2, 0) is 11.3 Å². The fourth-order valence-electron chi connectivity index (χ4n) is 1.92. The molecule has 0 spiro atoms. The summed E-state index contributed by atoms with van der Waals surface area (Å²) in [6.07, 6.45) is 0. The van der Waals surface area contributed by atoms with Crippen LogP contribution in [0.5, 0.6) is 0 Å². The highest BCUT2D eigenvalue weighted by Gasteiger charge is 2.20. The Morgan fingerprint density at radius 3 is 2.60 bits per heavy atom. The number of nitrogens with two attached hydrogens (primary N) is 1. The monoisotopic (exact) mass is 336 g/mol. The Morgan fingerprint density at radius 2 is 1.95 bits per heavy atom. The molecule has 0 bridgehead atoms. The van der Waals surface area contributed by atoms with E-state index in [1.54, 1.807) is 6.07 Å². The molecule has 5 heteroatoms. The second-order valence-corrected chi connectivity index (χ2v) is 5.22. The summed E-state index contributed by atoms with van der Waals surface area (Å²) >= 11 is 3.31. The third-order valence-corrected chi connectivity index (χ3v) is 3.63. The average molecular weight is 337 g/mol. The molecule has 2 aromatic carbocycles. The van der Waals surface area contributed by atoms with Gasteiger partial charge in [-0.3, -0.25) is 10.1 Å². The first-order valence-corrected chi connectivity index (χ1v) is 6.89. The summed E-state index contributed by atoms with van der Waals surface area (Å²) in [4.78, 5) is 11.6. The molecule has 1 amide bonds. The molecule has 0 aliphatic heterocycles. The Bertz CT molecular complexity index is 604. The molecule has 0 saturated heterocycles. The van der Waals surface area contributed by atoms with Crippen LogP contribution in [0.1, 0.15) is 17.2 Å². The second kappa shape index (κ2) is 6.63. The summed E-state index contributed by atoms with van der Waals surface area (Å²) < 4.78 is 14.0. The van der Waals surface area contributed by atoms with Crippen molar-refractivity contribution in [3.63, 3.8) is 0 Å². The minimum atomic E-state index is -0.750. The molecule has 0 aliphatic carbocycles. The van der Waals surface area contributed by atoms with Crippen molar-refractivity contribution in [2.75, 3.05) is 0 Å². The van der Waals surface area contributed by atoms with Gasteiger partial charge in [-0.25, -0.2) is 4.39 Å². The molecule has 0 fully saturated rings. The van der Waals surface area contributed by atoms with Crippen molar-refractivity contribution in [2.45, 2.75) is 12.6 Å². The van der Waals surface area contributed by atoms with Gasteiger partial charge in [-0.15, -0.1) is 0 Å². The SMILES string of the molecule is NC(=O)C(NCc1ccccc1)c1cc(F)ccc1Br. The zero-order valence-electron chi connectivity index (χ0n) is 10.6. The Kier molecular flexibility index (Phi) is 4.87. The van der Waals surface area contributed by atoms with Gasteiger partial charge in [0.05, 0.1) is 0 Å². The van der Waals surface area contributed by atoms with Crippen molar-refractivity contribution >= 4 is 21.8 Å². The highest BCUT2D eigenvalue weighted by Crippen LogP contribution is 2.24. The third-order valence-electron chi connectivity index (χ3n) is 2.91. The fourth-order valence-corrected chi connectivity index (χ4v) is 2.39. The first kappa shape index (κ1) is 14.7. The Morgan fingerprint density at radius 1 is 1.25 bits per heavy atom. The van der Waals surface area contributed by atoms with Crippen LogP contribution in [0.25, 0.3) is 0 Å². The molecular weight excluding hydrogens is 323 g/mol. The third kappa shape index (κ3) is 3.65. The molecular formula is C15H14BrFN2O. The number of halogens is 2. The van der Waals surface area contributed by atoms with Crippen LogP contribution in [0, 0.1) is 5.82 Å². The smallest absolute Gasteiger partial charge is 0.239 e. The van der Waals surface area contributed by atoms with E-state index in [4.69, 9.17) is 5.73 Å². The van der Waals surface area contributed by atoms with Crippen molar-refractivity contribution in [3.8, 4) is 0 Å². The quantitative estimate of drug-likeness (QED) is 0.881. The topological polar surface area (TPSA) is 55.1 Å². The van der Waals surface area contributed by atoms with Crippen LogP contribution in [0.2, 0.25) is 0 Å². The molecule has 1 unspecified atom stereocenters. The molecule has 3 N–H and O–H groups in total. The molecule has 1 atom stereocenters. The van der Waals surface area contributed by atoms with Crippen LogP contribution >= 0.6 is 15.9 Å². The van der Waals surface area contributed by atoms with Gasteiger partial charge in [0.15, 0.2) is 0 Å². The second-order valence-electron chi connectivity index (χ2n) is 4.37. The first-order valence-electron chi connectivity index (χ1n) is 6.09. The molecule has 104 valence electrons. The van der Waals surface area contributed by atoms with Crippen LogP contribution in [-0.4, -0.2) is 5.91 Å². The van der Waals surface area contributed by atoms with Gasteiger partial charge in [0.25, 0.3) is 0 Å². The zero-order chi connectivity index (χ0) is 14.5. The van der Waals surface area contributed by atoms with E-state index in [1.807, 2.05) is 30.3 Å². The van der Waals surface area contributed by atoms with E-state index in [1.165, 1.54) is 12.1 Å². The number of primary amides is 1. The van der Waals surface area contributed by atoms with Gasteiger partial charge in [0.1, 0.15) is 11.9 Å². The Hall–Kier alpha value is -1.72. The minimum Gasteiger partial charge on any atom is -0.368 e. The van der Waals surface area contributed by atoms with E-state index in [2.05, 4.69) is 21.2 Å². The summed E-state index contributed by atoms with van der Waals surface area (Å²) in [7, 11) is 0. The predicted octanol–water partition coefficient (Wildman–Crippen LogP) is 2.90. The van der Waals surface area contributed by atoms with Crippen LogP contribution in [0.3, 0.4) is 0 Å². The summed E-state index contributed by atoms with van der Waals surface area (Å²) in [5, 5.41) is 3.05. The predicted molar refractivity (Wildman–Crippen MR) is 79.3 cm³/mol. The van der Waals surface area contributed by atoms with Crippen molar-refractivity contribution in [1.29, 1.82) is 0 Å². The fraction of sp³-hybridized carbons (Fsp3) is 0.133. The average Bonchev–Trinajstić information content (AvgIpc) is 2.43. The molecule has 0 saturated carbocycles. The summed E-state index contributed by atoms with van der Waals surface area (Å²) in [6, 6.07) is 13.0. The number of amides is 1. The lowest BCUT2D eigenvalue weighted by Gasteiger charge is -2.17. The van der Waals surface area contributed by atoms with Crippen molar-refractivity contribution in [2.24, 2.45) is 5.73 Å². The van der Waals surface area contributed by atoms with Crippen molar-refractivity contribution < 1.29 is 9.18 Å². The van der Waals surface area contributed by atoms with Gasteiger partial charge in [-0.1, -0.05) is 46.3 Å². The maximum Gasteiger partial charge on any atom is 0.239 e. The Labute approximate surface area is 125 Å². The number of carbonyl (C=O) groups excluding carboxylic acids is 1. The number of hydrogen-bond donors (Lipinski definition) is 2. The van der Waals surface area contributed by atoms with Gasteiger partial charge in [0, 0.05) is 11.0 Å². The number of nitrogens with one attached hydrogen (secondary N) is 1. The summed E-state index contributed by atoms with van der Waals surface area (Å²) in [6.45, 7) is 0.470. The molecule has 3 nitrogen and oxygen atoms in total. The minimum absolute atomic E-state index is 0.407. The highest BCUT2D eigenvalue weighted by molar-refractivity contribution is 9.10. The van der Waals surface area contributed by atoms with Gasteiger partial charge >= 0.3 is 0 Å². The Balaban J connectivity index is 2.19. The number of rotatable bonds is 5. The van der Waals surface area contributed by atoms with Gasteiger partial charge in [0.2, 0.25) is 5.91 Å². The lowest BCUT2D eigenvalue weighted by molar-refractivity contribution is -0.120. The standard InChI is InChI=1S/C15H14BrFN2O/c16-13-7-6-11(17)8-12(13)14(15(18)20)19-9-10-4-2-1-3-5-10/h1-8,14,19H,9H2,(H2,18,20). The lowest BCUT2D eigenvalue weighted by Crippen LogP contribution is -2.33. The molecule has 0 aliphatic rings. The van der Waals surface area contributed by atoms with Gasteiger partial charge < -0.3 is 5.73 Å². The zero-order valence-corrected chi connectivity index (χ0v) is 12.2. The highest BCUT2D eigenvalue weighted by atomic mass is 79.9. The lowest BCUT2D eigenvalue weighted by atomic mass is 10.1. The van der Waals surface area contributed by atoms with Crippen molar-refractivity contribution in [3.05, 3.63) is 69.9 Å². The first-order chi connectivity index (χ1) is 9.58. The van der Waals surface area contributed by atoms with Crippen molar-refractivity contribution in [1.82, 2.24) is 5.32 Å². The van der Waals surface area contributed by atoms with E-state index in [-0.39, 0.29) is 0 Å². The molecule has 2 aromatic rings. The summed E-state index contributed by atoms with van der Waals surface area (Å²) in [5.41, 5.74) is 6.92. The van der Waals surface area contributed by atoms with Gasteiger partial charge in [-0.2, -0.15) is 0 Å². The number of carbonyl (C=O) groups is 1. The molecule has 0 aromatic heterocycles. The number of benzene rings is 2. The molecule has 0 heterocycles. The molecule has 20 heavy (non-hydrogen) atoms. The maximum absolute atomic E-state index is 13.3. The van der Waals surface area contributed by atoms with Crippen LogP contribution < -0.4 is 11.1 Å². The van der Waals surface area contributed by atoms with Crippen LogP contribution in [0.4, 0.5) is 4.39 Å². The summed E-state index contributed by atoms with van der Waals surface area (Å²) in [5.74, 6) is -0.955. The largest absolute Gasteiger partial charge is 0.368 e. The van der Waals surface area contributed by atoms with E-state index in [0.717, 1.165) is 5.56 Å². The molecule has 2 rings (SSSR count). The van der Waals surface area contributed by atoms with E-state index in [0.29, 0.717) is 16.6 Å².